The van der Waals surface area contributed by atoms with E-state index in [0.29, 0.717) is 16.9 Å². The number of ether oxygens (including phenoxy) is 1. The molecule has 2 N–H and O–H groups in total. The van der Waals surface area contributed by atoms with E-state index in [2.05, 4.69) is 10.8 Å². The lowest BCUT2D eigenvalue weighted by Crippen LogP contribution is -2.28. The summed E-state index contributed by atoms with van der Waals surface area (Å²) in [7, 11) is 2.94. The molecular weight excluding hydrogens is 332 g/mol. The quantitative estimate of drug-likeness (QED) is 0.361. The van der Waals surface area contributed by atoms with Gasteiger partial charge in [-0.1, -0.05) is 29.8 Å². The van der Waals surface area contributed by atoms with Crippen LogP contribution in [0.2, 0.25) is 0 Å². The molecule has 2 rings (SSSR count). The van der Waals surface area contributed by atoms with Crippen molar-refractivity contribution in [2.75, 3.05) is 14.2 Å². The fourth-order valence-electron chi connectivity index (χ4n) is 2.34. The third-order valence-electron chi connectivity index (χ3n) is 3.68. The zero-order valence-corrected chi connectivity index (χ0v) is 15.3. The highest BCUT2D eigenvalue weighted by Gasteiger charge is 2.12. The minimum absolute atomic E-state index is 0.230. The molecule has 0 aliphatic carbocycles. The summed E-state index contributed by atoms with van der Waals surface area (Å²) in [6.45, 7) is 3.78. The molecule has 0 aromatic heterocycles. The lowest BCUT2D eigenvalue weighted by atomic mass is 10.1. The SMILES string of the molecule is CNC(=O)C(=Cc1cccc(OC(=O)c2cc(C)ccc2C)c1)NOC. The number of carbonyl (C=O) groups is 2. The van der Waals surface area contributed by atoms with Crippen LogP contribution in [0.5, 0.6) is 5.75 Å². The van der Waals surface area contributed by atoms with Crippen LogP contribution in [0.15, 0.2) is 48.2 Å². The number of hydrogen-bond donors (Lipinski definition) is 2. The summed E-state index contributed by atoms with van der Waals surface area (Å²) in [5.74, 6) is -0.364. The highest BCUT2D eigenvalue weighted by atomic mass is 16.6. The molecule has 2 aromatic carbocycles. The first-order chi connectivity index (χ1) is 12.4. The Morgan fingerprint density at radius 3 is 2.54 bits per heavy atom. The summed E-state index contributed by atoms with van der Waals surface area (Å²) < 4.78 is 5.48. The Labute approximate surface area is 152 Å². The second-order valence-corrected chi connectivity index (χ2v) is 5.72. The van der Waals surface area contributed by atoms with Crippen molar-refractivity contribution in [1.29, 1.82) is 0 Å². The summed E-state index contributed by atoms with van der Waals surface area (Å²) in [6, 6.07) is 12.5. The molecule has 0 radical (unpaired) electrons. The fourth-order valence-corrected chi connectivity index (χ4v) is 2.34. The van der Waals surface area contributed by atoms with E-state index >= 15 is 0 Å². The molecule has 26 heavy (non-hydrogen) atoms. The summed E-state index contributed by atoms with van der Waals surface area (Å²) >= 11 is 0. The molecule has 0 saturated carbocycles. The summed E-state index contributed by atoms with van der Waals surface area (Å²) in [5, 5.41) is 2.51. The third kappa shape index (κ3) is 4.94. The van der Waals surface area contributed by atoms with Gasteiger partial charge in [0.15, 0.2) is 0 Å². The number of rotatable bonds is 6. The first kappa shape index (κ1) is 19.2. The van der Waals surface area contributed by atoms with Crippen LogP contribution in [0, 0.1) is 13.8 Å². The Morgan fingerprint density at radius 1 is 1.08 bits per heavy atom. The van der Waals surface area contributed by atoms with Gasteiger partial charge in [-0.05, 0) is 49.2 Å². The predicted molar refractivity (Wildman–Crippen MR) is 99.5 cm³/mol. The van der Waals surface area contributed by atoms with Gasteiger partial charge in [0.1, 0.15) is 11.4 Å². The minimum atomic E-state index is -0.422. The van der Waals surface area contributed by atoms with Crippen LogP contribution in [0.1, 0.15) is 27.0 Å². The Bertz CT molecular complexity index is 843. The molecule has 0 atom stereocenters. The van der Waals surface area contributed by atoms with Gasteiger partial charge >= 0.3 is 5.97 Å². The second kappa shape index (κ2) is 8.82. The molecule has 0 aliphatic rings. The Morgan fingerprint density at radius 2 is 1.85 bits per heavy atom. The van der Waals surface area contributed by atoms with Gasteiger partial charge in [-0.25, -0.2) is 4.79 Å². The molecule has 0 unspecified atom stereocenters. The van der Waals surface area contributed by atoms with Crippen LogP contribution in [0.25, 0.3) is 6.08 Å². The number of carbonyl (C=O) groups excluding carboxylic acids is 2. The predicted octanol–water partition coefficient (Wildman–Crippen LogP) is 2.76. The number of hydrogen-bond acceptors (Lipinski definition) is 5. The topological polar surface area (TPSA) is 76.7 Å². The van der Waals surface area contributed by atoms with E-state index in [1.807, 2.05) is 26.0 Å². The number of hydroxylamine groups is 1. The number of likely N-dealkylation sites (N-methyl/N-ethyl adjacent to an activating group) is 1. The van der Waals surface area contributed by atoms with Crippen LogP contribution in [-0.4, -0.2) is 26.0 Å². The van der Waals surface area contributed by atoms with Crippen molar-refractivity contribution in [2.45, 2.75) is 13.8 Å². The number of amides is 1. The summed E-state index contributed by atoms with van der Waals surface area (Å²) in [5.41, 5.74) is 5.79. The van der Waals surface area contributed by atoms with Gasteiger partial charge in [-0.3, -0.25) is 15.1 Å². The summed E-state index contributed by atoms with van der Waals surface area (Å²) in [6.07, 6.45) is 1.59. The van der Waals surface area contributed by atoms with Crippen molar-refractivity contribution >= 4 is 18.0 Å². The number of esters is 1. The van der Waals surface area contributed by atoms with Crippen LogP contribution < -0.4 is 15.5 Å². The molecule has 6 nitrogen and oxygen atoms in total. The first-order valence-electron chi connectivity index (χ1n) is 8.07. The fraction of sp³-hybridized carbons (Fsp3) is 0.200. The smallest absolute Gasteiger partial charge is 0.343 e. The molecular formula is C20H22N2O4. The molecule has 0 aliphatic heterocycles. The summed E-state index contributed by atoms with van der Waals surface area (Å²) in [4.78, 5) is 29.1. The normalized spacial score (nSPS) is 11.0. The standard InChI is InChI=1S/C20H22N2O4/c1-13-8-9-14(2)17(10-13)20(24)26-16-7-5-6-15(11-16)12-18(22-25-4)19(23)21-3/h5-12,22H,1-4H3,(H,21,23). The van der Waals surface area contributed by atoms with Gasteiger partial charge in [-0.2, -0.15) is 0 Å². The van der Waals surface area contributed by atoms with E-state index in [9.17, 15) is 9.59 Å². The van der Waals surface area contributed by atoms with Crippen molar-refractivity contribution in [3.8, 4) is 5.75 Å². The molecule has 0 saturated heterocycles. The Balaban J connectivity index is 2.24. The van der Waals surface area contributed by atoms with Gasteiger partial charge in [0.2, 0.25) is 0 Å². The van der Waals surface area contributed by atoms with E-state index in [-0.39, 0.29) is 11.6 Å². The van der Waals surface area contributed by atoms with Gasteiger partial charge in [0, 0.05) is 7.05 Å². The Hall–Kier alpha value is -3.12. The van der Waals surface area contributed by atoms with Gasteiger partial charge in [0.25, 0.3) is 5.91 Å². The van der Waals surface area contributed by atoms with Gasteiger partial charge in [-0.15, -0.1) is 0 Å². The third-order valence-corrected chi connectivity index (χ3v) is 3.68. The van der Waals surface area contributed by atoms with E-state index in [0.717, 1.165) is 11.1 Å². The maximum atomic E-state index is 12.4. The number of nitrogens with one attached hydrogen (secondary N) is 2. The Kier molecular flexibility index (Phi) is 6.52. The molecule has 0 spiro atoms. The van der Waals surface area contributed by atoms with Crippen LogP contribution >= 0.6 is 0 Å². The van der Waals surface area contributed by atoms with E-state index in [1.165, 1.54) is 14.2 Å². The zero-order valence-electron chi connectivity index (χ0n) is 15.3. The van der Waals surface area contributed by atoms with Gasteiger partial charge < -0.3 is 10.1 Å². The number of benzene rings is 2. The van der Waals surface area contributed by atoms with Crippen molar-refractivity contribution in [1.82, 2.24) is 10.8 Å². The average Bonchev–Trinajstić information content (AvgIpc) is 2.63. The number of aryl methyl sites for hydroxylation is 2. The zero-order chi connectivity index (χ0) is 19.1. The van der Waals surface area contributed by atoms with E-state index < -0.39 is 5.97 Å². The molecule has 0 heterocycles. The van der Waals surface area contributed by atoms with Crippen molar-refractivity contribution in [3.05, 3.63) is 70.4 Å². The molecule has 0 bridgehead atoms. The maximum absolute atomic E-state index is 12.4. The van der Waals surface area contributed by atoms with Crippen molar-refractivity contribution < 1.29 is 19.2 Å². The lowest BCUT2D eigenvalue weighted by molar-refractivity contribution is -0.118. The van der Waals surface area contributed by atoms with Crippen LogP contribution in [0.4, 0.5) is 0 Å². The molecule has 6 heteroatoms. The molecule has 0 fully saturated rings. The minimum Gasteiger partial charge on any atom is -0.423 e. The van der Waals surface area contributed by atoms with Crippen LogP contribution in [-0.2, 0) is 9.63 Å². The maximum Gasteiger partial charge on any atom is 0.343 e. The monoisotopic (exact) mass is 354 g/mol. The van der Waals surface area contributed by atoms with Crippen molar-refractivity contribution in [2.24, 2.45) is 0 Å². The highest BCUT2D eigenvalue weighted by Crippen LogP contribution is 2.19. The largest absolute Gasteiger partial charge is 0.423 e. The molecule has 1 amide bonds. The second-order valence-electron chi connectivity index (χ2n) is 5.72. The van der Waals surface area contributed by atoms with E-state index in [4.69, 9.17) is 9.57 Å². The van der Waals surface area contributed by atoms with Crippen LogP contribution in [0.3, 0.4) is 0 Å². The van der Waals surface area contributed by atoms with Crippen molar-refractivity contribution in [3.63, 3.8) is 0 Å². The van der Waals surface area contributed by atoms with E-state index in [1.54, 1.807) is 36.4 Å². The van der Waals surface area contributed by atoms with Gasteiger partial charge in [0.05, 0.1) is 12.7 Å². The highest BCUT2D eigenvalue weighted by molar-refractivity contribution is 5.97. The average molecular weight is 354 g/mol. The molecule has 2 aromatic rings. The lowest BCUT2D eigenvalue weighted by Gasteiger charge is -2.09. The first-order valence-corrected chi connectivity index (χ1v) is 8.07. The molecule has 136 valence electrons.